The summed E-state index contributed by atoms with van der Waals surface area (Å²) in [5.74, 6) is -0.836. The van der Waals surface area contributed by atoms with Crippen molar-refractivity contribution in [2.24, 2.45) is 0 Å². The average Bonchev–Trinajstić information content (AvgIpc) is 3.13. The molecule has 2 heterocycles. The zero-order chi connectivity index (χ0) is 21.3. The predicted octanol–water partition coefficient (Wildman–Crippen LogP) is 3.78. The molecule has 0 saturated heterocycles. The summed E-state index contributed by atoms with van der Waals surface area (Å²) in [4.78, 5) is 20.7. The smallest absolute Gasteiger partial charge is 0.461 e. The van der Waals surface area contributed by atoms with Crippen molar-refractivity contribution < 1.29 is 27.4 Å². The third-order valence-electron chi connectivity index (χ3n) is 4.44. The maximum atomic E-state index is 12.6. The maximum absolute atomic E-state index is 12.6. The normalized spacial score (nSPS) is 12.7. The van der Waals surface area contributed by atoms with E-state index < -0.39 is 18.1 Å². The van der Waals surface area contributed by atoms with Crippen LogP contribution in [0.25, 0.3) is 11.4 Å². The molecule has 0 fully saturated rings. The van der Waals surface area contributed by atoms with Gasteiger partial charge >= 0.3 is 12.3 Å². The molecule has 0 amide bonds. The number of para-hydroxylation sites is 2. The molecule has 0 bridgehead atoms. The number of alkyl halides is 3. The number of aromatic nitrogens is 4. The number of ether oxygens (including phenoxy) is 2. The third-order valence-corrected chi connectivity index (χ3v) is 4.44. The first-order valence-corrected chi connectivity index (χ1v) is 9.08. The van der Waals surface area contributed by atoms with Crippen LogP contribution in [0.5, 0.6) is 5.75 Å². The van der Waals surface area contributed by atoms with E-state index >= 15 is 0 Å². The van der Waals surface area contributed by atoms with Gasteiger partial charge in [0.1, 0.15) is 11.4 Å². The zero-order valence-electron chi connectivity index (χ0n) is 15.7. The van der Waals surface area contributed by atoms with Crippen LogP contribution in [-0.4, -0.2) is 39.1 Å². The minimum Gasteiger partial charge on any atom is -0.461 e. The van der Waals surface area contributed by atoms with E-state index in [1.54, 1.807) is 19.2 Å². The molecule has 0 unspecified atom stereocenters. The lowest BCUT2D eigenvalue weighted by atomic mass is 9.93. The highest BCUT2D eigenvalue weighted by Crippen LogP contribution is 2.35. The summed E-state index contributed by atoms with van der Waals surface area (Å²) in [7, 11) is 0. The van der Waals surface area contributed by atoms with Gasteiger partial charge in [-0.05, 0) is 37.5 Å². The number of esters is 1. The molecule has 11 heteroatoms. The zero-order valence-corrected chi connectivity index (χ0v) is 15.7. The van der Waals surface area contributed by atoms with Gasteiger partial charge in [-0.3, -0.25) is 5.10 Å². The molecule has 8 nitrogen and oxygen atoms in total. The molecule has 156 valence electrons. The molecule has 1 aliphatic rings. The number of aryl methyl sites for hydroxylation is 1. The summed E-state index contributed by atoms with van der Waals surface area (Å²) in [6, 6.07) is 5.59. The second-order valence-corrected chi connectivity index (χ2v) is 6.38. The monoisotopic (exact) mass is 419 g/mol. The number of anilines is 2. The summed E-state index contributed by atoms with van der Waals surface area (Å²) in [5.41, 5.74) is 2.81. The van der Waals surface area contributed by atoms with E-state index in [4.69, 9.17) is 4.74 Å². The fourth-order valence-corrected chi connectivity index (χ4v) is 3.20. The molecule has 2 N–H and O–H groups in total. The number of nitrogens with one attached hydrogen (secondary N) is 2. The number of carbonyl (C=O) groups is 1. The van der Waals surface area contributed by atoms with Crippen LogP contribution in [0, 0.1) is 0 Å². The Kier molecular flexibility index (Phi) is 5.02. The molecule has 4 rings (SSSR count). The third kappa shape index (κ3) is 3.91. The number of fused-ring (bicyclic) bond motifs is 3. The van der Waals surface area contributed by atoms with Crippen LogP contribution in [-0.2, 0) is 17.6 Å². The Hall–Kier alpha value is -3.63. The Morgan fingerprint density at radius 2 is 2.03 bits per heavy atom. The lowest BCUT2D eigenvalue weighted by Gasteiger charge is -2.17. The first-order valence-electron chi connectivity index (χ1n) is 9.08. The van der Waals surface area contributed by atoms with Gasteiger partial charge in [-0.1, -0.05) is 12.1 Å². The van der Waals surface area contributed by atoms with Crippen molar-refractivity contribution in [2.45, 2.75) is 26.1 Å². The van der Waals surface area contributed by atoms with E-state index in [9.17, 15) is 18.0 Å². The van der Waals surface area contributed by atoms with Gasteiger partial charge in [-0.25, -0.2) is 14.8 Å². The summed E-state index contributed by atoms with van der Waals surface area (Å²) in [6.45, 7) is 1.94. The standard InChI is InChI=1S/C19H16F3N5O3/c1-2-29-17(28)16-11-8-7-10-9-23-18(25-14(10)15(11)26-27-16)24-12-5-3-4-6-13(12)30-19(20,21)22/h3-6,9H,2,7-8H2,1H3,(H,26,27)(H,23,24,25). The van der Waals surface area contributed by atoms with Gasteiger partial charge in [-0.2, -0.15) is 5.10 Å². The number of H-pyrrole nitrogens is 1. The number of rotatable bonds is 5. The number of benzene rings is 1. The van der Waals surface area contributed by atoms with E-state index in [0.29, 0.717) is 29.8 Å². The van der Waals surface area contributed by atoms with Crippen LogP contribution in [0.3, 0.4) is 0 Å². The lowest BCUT2D eigenvalue weighted by molar-refractivity contribution is -0.274. The van der Waals surface area contributed by atoms with Crippen LogP contribution in [0.15, 0.2) is 30.5 Å². The van der Waals surface area contributed by atoms with Gasteiger partial charge < -0.3 is 14.8 Å². The summed E-state index contributed by atoms with van der Waals surface area (Å²) >= 11 is 0. The molecule has 1 aromatic carbocycles. The van der Waals surface area contributed by atoms with E-state index in [2.05, 4.69) is 30.2 Å². The van der Waals surface area contributed by atoms with Crippen LogP contribution in [0.2, 0.25) is 0 Å². The number of halogens is 3. The van der Waals surface area contributed by atoms with Crippen molar-refractivity contribution in [3.63, 3.8) is 0 Å². The minimum atomic E-state index is -4.83. The number of hydrogen-bond acceptors (Lipinski definition) is 7. The van der Waals surface area contributed by atoms with Crippen LogP contribution in [0.1, 0.15) is 28.5 Å². The number of nitrogens with zero attached hydrogens (tertiary/aromatic N) is 3. The molecule has 0 spiro atoms. The molecular weight excluding hydrogens is 403 g/mol. The molecule has 0 atom stereocenters. The second-order valence-electron chi connectivity index (χ2n) is 6.38. The quantitative estimate of drug-likeness (QED) is 0.607. The Morgan fingerprint density at radius 3 is 2.80 bits per heavy atom. The molecule has 2 aromatic heterocycles. The van der Waals surface area contributed by atoms with Gasteiger partial charge in [0.25, 0.3) is 0 Å². The van der Waals surface area contributed by atoms with Gasteiger partial charge in [0.05, 0.1) is 18.0 Å². The Balaban J connectivity index is 1.66. The summed E-state index contributed by atoms with van der Waals surface area (Å²) in [5, 5.41) is 9.64. The van der Waals surface area contributed by atoms with E-state index in [-0.39, 0.29) is 23.9 Å². The van der Waals surface area contributed by atoms with E-state index in [1.807, 2.05) is 0 Å². The highest BCUT2D eigenvalue weighted by molar-refractivity contribution is 5.91. The fourth-order valence-electron chi connectivity index (χ4n) is 3.20. The van der Waals surface area contributed by atoms with Crippen LogP contribution < -0.4 is 10.1 Å². The topological polar surface area (TPSA) is 102 Å². The second kappa shape index (κ2) is 7.65. The minimum absolute atomic E-state index is 0.0556. The molecular formula is C19H16F3N5O3. The number of aromatic amines is 1. The highest BCUT2D eigenvalue weighted by atomic mass is 19.4. The molecule has 3 aromatic rings. The lowest BCUT2D eigenvalue weighted by Crippen LogP contribution is -2.18. The van der Waals surface area contributed by atoms with Crippen molar-refractivity contribution in [2.75, 3.05) is 11.9 Å². The fraction of sp³-hybridized carbons (Fsp3) is 0.263. The maximum Gasteiger partial charge on any atom is 0.573 e. The first kappa shape index (κ1) is 19.7. The molecule has 1 aliphatic carbocycles. The molecule has 30 heavy (non-hydrogen) atoms. The van der Waals surface area contributed by atoms with Crippen LogP contribution >= 0.6 is 0 Å². The highest BCUT2D eigenvalue weighted by Gasteiger charge is 2.32. The van der Waals surface area contributed by atoms with Crippen LogP contribution in [0.4, 0.5) is 24.8 Å². The number of carbonyl (C=O) groups excluding carboxylic acids is 1. The van der Waals surface area contributed by atoms with Gasteiger partial charge in [0.15, 0.2) is 5.75 Å². The van der Waals surface area contributed by atoms with Gasteiger partial charge in [0, 0.05) is 11.8 Å². The van der Waals surface area contributed by atoms with Gasteiger partial charge in [-0.15, -0.1) is 13.2 Å². The largest absolute Gasteiger partial charge is 0.573 e. The predicted molar refractivity (Wildman–Crippen MR) is 99.4 cm³/mol. The Morgan fingerprint density at radius 1 is 1.23 bits per heavy atom. The SMILES string of the molecule is CCOC(=O)c1[nH]nc2c1CCc1cnc(Nc3ccccc3OC(F)(F)F)nc1-2. The van der Waals surface area contributed by atoms with Crippen molar-refractivity contribution >= 4 is 17.6 Å². The Labute approximate surface area is 168 Å². The summed E-state index contributed by atoms with van der Waals surface area (Å²) in [6.07, 6.45) is -2.10. The number of hydrogen-bond donors (Lipinski definition) is 2. The average molecular weight is 419 g/mol. The van der Waals surface area contributed by atoms with E-state index in [0.717, 1.165) is 5.56 Å². The van der Waals surface area contributed by atoms with Crippen molar-refractivity contribution in [1.82, 2.24) is 20.2 Å². The molecule has 0 saturated carbocycles. The first-order chi connectivity index (χ1) is 14.4. The van der Waals surface area contributed by atoms with Crippen molar-refractivity contribution in [3.05, 3.63) is 47.3 Å². The molecule has 0 radical (unpaired) electrons. The van der Waals surface area contributed by atoms with Crippen molar-refractivity contribution in [1.29, 1.82) is 0 Å². The Bertz CT molecular complexity index is 1100. The van der Waals surface area contributed by atoms with E-state index in [1.165, 1.54) is 18.2 Å². The van der Waals surface area contributed by atoms with Crippen molar-refractivity contribution in [3.8, 4) is 17.1 Å². The van der Waals surface area contributed by atoms with Gasteiger partial charge in [0.2, 0.25) is 5.95 Å². The summed E-state index contributed by atoms with van der Waals surface area (Å²) < 4.78 is 47.0. The molecule has 0 aliphatic heterocycles.